The van der Waals surface area contributed by atoms with Crippen molar-refractivity contribution in [3.8, 4) is 0 Å². The number of likely N-dealkylation sites (tertiary alicyclic amines) is 1. The van der Waals surface area contributed by atoms with Crippen molar-refractivity contribution in [3.63, 3.8) is 0 Å². The van der Waals surface area contributed by atoms with E-state index in [4.69, 9.17) is 0 Å². The minimum atomic E-state index is -4.60. The van der Waals surface area contributed by atoms with Gasteiger partial charge in [-0.05, 0) is 24.1 Å². The van der Waals surface area contributed by atoms with Crippen LogP contribution in [-0.4, -0.2) is 33.5 Å². The van der Waals surface area contributed by atoms with Crippen molar-refractivity contribution >= 4 is 5.91 Å². The summed E-state index contributed by atoms with van der Waals surface area (Å²) in [5, 5.41) is 9.91. The van der Waals surface area contributed by atoms with Gasteiger partial charge in [0.05, 0.1) is 29.5 Å². The molecular weight excluding hydrogens is 340 g/mol. The number of aliphatic hydroxyl groups is 1. The fraction of sp³-hybridized carbons (Fsp3) is 0.294. The molecule has 0 aliphatic carbocycles. The highest BCUT2D eigenvalue weighted by molar-refractivity contribution is 5.94. The Hall–Kier alpha value is -2.48. The summed E-state index contributed by atoms with van der Waals surface area (Å²) in [4.78, 5) is 17.2. The number of hydrogen-bond acceptors (Lipinski definition) is 3. The third kappa shape index (κ3) is 3.34. The van der Waals surface area contributed by atoms with E-state index in [1.54, 1.807) is 0 Å². The lowest BCUT2D eigenvalue weighted by atomic mass is 9.97. The fourth-order valence-electron chi connectivity index (χ4n) is 3.08. The third-order valence-electron chi connectivity index (χ3n) is 4.17. The number of benzene rings is 1. The van der Waals surface area contributed by atoms with Gasteiger partial charge in [-0.2, -0.15) is 13.2 Å². The topological polar surface area (TPSA) is 53.4 Å². The van der Waals surface area contributed by atoms with Gasteiger partial charge < -0.3 is 10.0 Å². The molecule has 1 N–H and O–H groups in total. The molecule has 1 amide bonds. The summed E-state index contributed by atoms with van der Waals surface area (Å²) >= 11 is 0. The standard InChI is InChI=1S/C17H14F4N2O2/c18-14-8-22-6-5-12(14)16(25)23-9-10(24)7-15(23)11-3-1-2-4-13(11)17(19,20)21/h1-6,8,10,15,24H,7,9H2/t10-,15-/m0/s1. The zero-order valence-corrected chi connectivity index (χ0v) is 12.9. The summed E-state index contributed by atoms with van der Waals surface area (Å²) in [5.74, 6) is -1.64. The van der Waals surface area contributed by atoms with Crippen LogP contribution in [0.3, 0.4) is 0 Å². The highest BCUT2D eigenvalue weighted by Gasteiger charge is 2.41. The van der Waals surface area contributed by atoms with Crippen LogP contribution >= 0.6 is 0 Å². The Morgan fingerprint density at radius 3 is 2.64 bits per heavy atom. The van der Waals surface area contributed by atoms with Crippen LogP contribution in [0.2, 0.25) is 0 Å². The molecule has 1 aliphatic rings. The van der Waals surface area contributed by atoms with Crippen LogP contribution in [0.1, 0.15) is 33.9 Å². The maximum Gasteiger partial charge on any atom is 0.416 e. The second kappa shape index (κ2) is 6.44. The average molecular weight is 354 g/mol. The summed E-state index contributed by atoms with van der Waals surface area (Å²) < 4.78 is 53.7. The first-order valence-electron chi connectivity index (χ1n) is 7.53. The predicted octanol–water partition coefficient (Wildman–Crippen LogP) is 3.19. The molecule has 1 aliphatic heterocycles. The molecule has 0 unspecified atom stereocenters. The minimum absolute atomic E-state index is 0.0501. The summed E-state index contributed by atoms with van der Waals surface area (Å²) in [5.41, 5.74) is -1.28. The lowest BCUT2D eigenvalue weighted by molar-refractivity contribution is -0.138. The Morgan fingerprint density at radius 2 is 1.96 bits per heavy atom. The van der Waals surface area contributed by atoms with Gasteiger partial charge in [-0.25, -0.2) is 4.39 Å². The van der Waals surface area contributed by atoms with E-state index in [-0.39, 0.29) is 24.1 Å². The van der Waals surface area contributed by atoms with Crippen LogP contribution in [0.5, 0.6) is 0 Å². The Balaban J connectivity index is 2.02. The van der Waals surface area contributed by atoms with Crippen LogP contribution in [0, 0.1) is 5.82 Å². The van der Waals surface area contributed by atoms with Gasteiger partial charge in [-0.3, -0.25) is 9.78 Å². The molecule has 2 heterocycles. The first-order valence-corrected chi connectivity index (χ1v) is 7.53. The van der Waals surface area contributed by atoms with E-state index in [2.05, 4.69) is 4.98 Å². The van der Waals surface area contributed by atoms with Crippen molar-refractivity contribution in [3.05, 3.63) is 65.2 Å². The Labute approximate surface area is 140 Å². The van der Waals surface area contributed by atoms with Crippen LogP contribution in [0.4, 0.5) is 17.6 Å². The van der Waals surface area contributed by atoms with E-state index in [0.717, 1.165) is 23.2 Å². The second-order valence-electron chi connectivity index (χ2n) is 5.80. The highest BCUT2D eigenvalue weighted by atomic mass is 19.4. The summed E-state index contributed by atoms with van der Waals surface area (Å²) in [7, 11) is 0. The molecule has 0 spiro atoms. The third-order valence-corrected chi connectivity index (χ3v) is 4.17. The molecule has 132 valence electrons. The van der Waals surface area contributed by atoms with Crippen LogP contribution in [0.25, 0.3) is 0 Å². The molecule has 0 saturated carbocycles. The van der Waals surface area contributed by atoms with Gasteiger partial charge in [-0.1, -0.05) is 18.2 Å². The van der Waals surface area contributed by atoms with Gasteiger partial charge >= 0.3 is 6.18 Å². The largest absolute Gasteiger partial charge is 0.416 e. The molecule has 25 heavy (non-hydrogen) atoms. The number of rotatable bonds is 2. The highest BCUT2D eigenvalue weighted by Crippen LogP contribution is 2.40. The van der Waals surface area contributed by atoms with Gasteiger partial charge in [0.15, 0.2) is 5.82 Å². The number of hydrogen-bond donors (Lipinski definition) is 1. The van der Waals surface area contributed by atoms with E-state index < -0.39 is 35.6 Å². The van der Waals surface area contributed by atoms with E-state index in [1.807, 2.05) is 0 Å². The molecule has 2 aromatic rings. The number of amides is 1. The van der Waals surface area contributed by atoms with Crippen molar-refractivity contribution in [2.45, 2.75) is 24.7 Å². The first kappa shape index (κ1) is 17.3. The average Bonchev–Trinajstić information content (AvgIpc) is 2.96. The number of aliphatic hydroxyl groups excluding tert-OH is 1. The maximum atomic E-state index is 13.8. The van der Waals surface area contributed by atoms with E-state index in [9.17, 15) is 27.5 Å². The van der Waals surface area contributed by atoms with Gasteiger partial charge in [0.25, 0.3) is 5.91 Å². The molecule has 2 atom stereocenters. The first-order chi connectivity index (χ1) is 11.8. The number of β-amino-alcohol motifs (C(OH)–C–C–N with tert-alkyl or cyclic N) is 1. The van der Waals surface area contributed by atoms with E-state index >= 15 is 0 Å². The number of halogens is 4. The second-order valence-corrected chi connectivity index (χ2v) is 5.80. The van der Waals surface area contributed by atoms with Crippen molar-refractivity contribution in [2.24, 2.45) is 0 Å². The van der Waals surface area contributed by atoms with Crippen molar-refractivity contribution in [1.29, 1.82) is 0 Å². The Morgan fingerprint density at radius 1 is 1.24 bits per heavy atom. The molecule has 0 radical (unpaired) electrons. The molecule has 4 nitrogen and oxygen atoms in total. The zero-order valence-electron chi connectivity index (χ0n) is 12.9. The molecule has 1 aromatic heterocycles. The number of nitrogens with zero attached hydrogens (tertiary/aromatic N) is 2. The van der Waals surface area contributed by atoms with Gasteiger partial charge in [0.1, 0.15) is 0 Å². The zero-order chi connectivity index (χ0) is 18.2. The van der Waals surface area contributed by atoms with Crippen molar-refractivity contribution in [2.75, 3.05) is 6.54 Å². The molecule has 8 heteroatoms. The molecule has 1 aromatic carbocycles. The van der Waals surface area contributed by atoms with E-state index in [1.165, 1.54) is 24.4 Å². The van der Waals surface area contributed by atoms with Crippen LogP contribution in [-0.2, 0) is 6.18 Å². The maximum absolute atomic E-state index is 13.8. The Bertz CT molecular complexity index is 794. The minimum Gasteiger partial charge on any atom is -0.391 e. The van der Waals surface area contributed by atoms with Crippen molar-refractivity contribution in [1.82, 2.24) is 9.88 Å². The summed E-state index contributed by atoms with van der Waals surface area (Å²) in [6.07, 6.45) is -3.55. The normalized spacial score (nSPS) is 20.8. The summed E-state index contributed by atoms with van der Waals surface area (Å²) in [6, 6.07) is 5.06. The quantitative estimate of drug-likeness (QED) is 0.843. The molecular formula is C17H14F4N2O2. The number of alkyl halides is 3. The Kier molecular flexibility index (Phi) is 4.47. The van der Waals surface area contributed by atoms with Gasteiger partial charge in [0, 0.05) is 12.7 Å². The van der Waals surface area contributed by atoms with Gasteiger partial charge in [-0.15, -0.1) is 0 Å². The molecule has 1 saturated heterocycles. The molecule has 1 fully saturated rings. The van der Waals surface area contributed by atoms with Crippen LogP contribution < -0.4 is 0 Å². The molecule has 0 bridgehead atoms. The van der Waals surface area contributed by atoms with Crippen molar-refractivity contribution < 1.29 is 27.5 Å². The number of aromatic nitrogens is 1. The van der Waals surface area contributed by atoms with Crippen LogP contribution in [0.15, 0.2) is 42.7 Å². The number of carbonyl (C=O) groups excluding carboxylic acids is 1. The predicted molar refractivity (Wildman–Crippen MR) is 80.0 cm³/mol. The van der Waals surface area contributed by atoms with E-state index in [0.29, 0.717) is 0 Å². The molecule has 3 rings (SSSR count). The smallest absolute Gasteiger partial charge is 0.391 e. The SMILES string of the molecule is O=C(c1ccncc1F)N1C[C@@H](O)C[C@H]1c1ccccc1C(F)(F)F. The number of carbonyl (C=O) groups is 1. The van der Waals surface area contributed by atoms with Gasteiger partial charge in [0.2, 0.25) is 0 Å². The monoisotopic (exact) mass is 354 g/mol. The lowest BCUT2D eigenvalue weighted by Crippen LogP contribution is -2.33. The summed E-state index contributed by atoms with van der Waals surface area (Å²) in [6.45, 7) is -0.169. The fourth-order valence-corrected chi connectivity index (χ4v) is 3.08. The number of pyridine rings is 1. The lowest BCUT2D eigenvalue weighted by Gasteiger charge is -2.27.